The zero-order valence-electron chi connectivity index (χ0n) is 13.4. The van der Waals surface area contributed by atoms with Gasteiger partial charge >= 0.3 is 0 Å². The second-order valence-corrected chi connectivity index (χ2v) is 6.14. The van der Waals surface area contributed by atoms with Crippen molar-refractivity contribution in [3.63, 3.8) is 0 Å². The van der Waals surface area contributed by atoms with Crippen LogP contribution in [0.25, 0.3) is 10.8 Å². The monoisotopic (exact) mass is 310 g/mol. The Kier molecular flexibility index (Phi) is 4.60. The number of nitrogens with zero attached hydrogens (tertiary/aromatic N) is 1. The quantitative estimate of drug-likeness (QED) is 0.947. The molecule has 120 valence electrons. The van der Waals surface area contributed by atoms with Crippen molar-refractivity contribution in [2.75, 3.05) is 13.1 Å². The number of nitrogens with one attached hydrogen (secondary N) is 1. The average Bonchev–Trinajstić information content (AvgIpc) is 2.61. The van der Waals surface area contributed by atoms with Crippen LogP contribution in [-0.2, 0) is 4.79 Å². The lowest BCUT2D eigenvalue weighted by Gasteiger charge is -2.29. The molecule has 2 amide bonds. The molecule has 1 heterocycles. The molecular weight excluding hydrogens is 288 g/mol. The number of likely N-dealkylation sites (tertiary alicyclic amines) is 1. The van der Waals surface area contributed by atoms with Crippen molar-refractivity contribution in [1.82, 2.24) is 10.2 Å². The van der Waals surface area contributed by atoms with E-state index in [1.54, 1.807) is 13.0 Å². The third kappa shape index (κ3) is 3.52. The van der Waals surface area contributed by atoms with Crippen LogP contribution >= 0.6 is 0 Å². The first-order valence-corrected chi connectivity index (χ1v) is 8.23. The summed E-state index contributed by atoms with van der Waals surface area (Å²) in [5.41, 5.74) is 0.585. The molecule has 1 N–H and O–H groups in total. The molecule has 0 aromatic heterocycles. The first-order valence-electron chi connectivity index (χ1n) is 8.23. The van der Waals surface area contributed by atoms with Gasteiger partial charge in [-0.1, -0.05) is 30.3 Å². The van der Waals surface area contributed by atoms with Crippen molar-refractivity contribution in [3.05, 3.63) is 48.0 Å². The molecule has 0 saturated carbocycles. The molecule has 1 aliphatic heterocycles. The SMILES string of the molecule is CC(NC(=O)c1ccc2ccccc2c1)C(=O)N1CCCCC1. The lowest BCUT2D eigenvalue weighted by Crippen LogP contribution is -2.48. The smallest absolute Gasteiger partial charge is 0.251 e. The van der Waals surface area contributed by atoms with Gasteiger partial charge in [0, 0.05) is 18.7 Å². The van der Waals surface area contributed by atoms with Gasteiger partial charge in [0.15, 0.2) is 0 Å². The summed E-state index contributed by atoms with van der Waals surface area (Å²) in [6.07, 6.45) is 3.29. The summed E-state index contributed by atoms with van der Waals surface area (Å²) < 4.78 is 0. The fourth-order valence-electron chi connectivity index (χ4n) is 3.06. The zero-order valence-corrected chi connectivity index (χ0v) is 13.4. The van der Waals surface area contributed by atoms with E-state index < -0.39 is 6.04 Å². The highest BCUT2D eigenvalue weighted by atomic mass is 16.2. The van der Waals surface area contributed by atoms with Gasteiger partial charge in [-0.2, -0.15) is 0 Å². The topological polar surface area (TPSA) is 49.4 Å². The number of carbonyl (C=O) groups is 2. The molecule has 1 aliphatic rings. The molecule has 23 heavy (non-hydrogen) atoms. The van der Waals surface area contributed by atoms with Crippen molar-refractivity contribution in [2.24, 2.45) is 0 Å². The molecule has 2 aromatic carbocycles. The fraction of sp³-hybridized carbons (Fsp3) is 0.368. The van der Waals surface area contributed by atoms with Gasteiger partial charge in [0.2, 0.25) is 5.91 Å². The van der Waals surface area contributed by atoms with Gasteiger partial charge in [-0.05, 0) is 49.1 Å². The van der Waals surface area contributed by atoms with E-state index in [0.29, 0.717) is 5.56 Å². The van der Waals surface area contributed by atoms with Crippen molar-refractivity contribution in [2.45, 2.75) is 32.2 Å². The van der Waals surface area contributed by atoms with Gasteiger partial charge in [0.1, 0.15) is 6.04 Å². The Morgan fingerprint density at radius 2 is 1.70 bits per heavy atom. The van der Waals surface area contributed by atoms with Gasteiger partial charge < -0.3 is 10.2 Å². The van der Waals surface area contributed by atoms with E-state index in [-0.39, 0.29) is 11.8 Å². The van der Waals surface area contributed by atoms with E-state index in [4.69, 9.17) is 0 Å². The van der Waals surface area contributed by atoms with Gasteiger partial charge in [-0.3, -0.25) is 9.59 Å². The lowest BCUT2D eigenvalue weighted by molar-refractivity contribution is -0.133. The van der Waals surface area contributed by atoms with E-state index in [1.807, 2.05) is 41.3 Å². The Labute approximate surface area is 136 Å². The van der Waals surface area contributed by atoms with Crippen LogP contribution in [0, 0.1) is 0 Å². The molecule has 0 bridgehead atoms. The third-order valence-electron chi connectivity index (χ3n) is 4.40. The van der Waals surface area contributed by atoms with Crippen molar-refractivity contribution >= 4 is 22.6 Å². The summed E-state index contributed by atoms with van der Waals surface area (Å²) in [6, 6.07) is 13.0. The Hall–Kier alpha value is -2.36. The average molecular weight is 310 g/mol. The van der Waals surface area contributed by atoms with Gasteiger partial charge in [0.05, 0.1) is 0 Å². The van der Waals surface area contributed by atoms with E-state index in [1.165, 1.54) is 6.42 Å². The number of rotatable bonds is 3. The first-order chi connectivity index (χ1) is 11.1. The number of carbonyl (C=O) groups excluding carboxylic acids is 2. The number of fused-ring (bicyclic) bond motifs is 1. The van der Waals surface area contributed by atoms with Gasteiger partial charge in [-0.25, -0.2) is 0 Å². The van der Waals surface area contributed by atoms with E-state index in [9.17, 15) is 9.59 Å². The Morgan fingerprint density at radius 1 is 1.00 bits per heavy atom. The van der Waals surface area contributed by atoms with Crippen LogP contribution in [0.15, 0.2) is 42.5 Å². The maximum atomic E-state index is 12.4. The van der Waals surface area contributed by atoms with Crippen LogP contribution in [0.3, 0.4) is 0 Å². The second-order valence-electron chi connectivity index (χ2n) is 6.14. The van der Waals surface area contributed by atoms with Gasteiger partial charge in [-0.15, -0.1) is 0 Å². The predicted molar refractivity (Wildman–Crippen MR) is 91.3 cm³/mol. The minimum Gasteiger partial charge on any atom is -0.341 e. The summed E-state index contributed by atoms with van der Waals surface area (Å²) >= 11 is 0. The highest BCUT2D eigenvalue weighted by Gasteiger charge is 2.23. The van der Waals surface area contributed by atoms with Crippen molar-refractivity contribution in [1.29, 1.82) is 0 Å². The molecule has 4 heteroatoms. The fourth-order valence-corrected chi connectivity index (χ4v) is 3.06. The molecule has 0 spiro atoms. The molecule has 0 radical (unpaired) electrons. The maximum Gasteiger partial charge on any atom is 0.251 e. The van der Waals surface area contributed by atoms with Crippen LogP contribution in [0.5, 0.6) is 0 Å². The highest BCUT2D eigenvalue weighted by Crippen LogP contribution is 2.16. The number of piperidine rings is 1. The third-order valence-corrected chi connectivity index (χ3v) is 4.40. The van der Waals surface area contributed by atoms with Crippen molar-refractivity contribution in [3.8, 4) is 0 Å². The first kappa shape index (κ1) is 15.5. The molecule has 0 aliphatic carbocycles. The summed E-state index contributed by atoms with van der Waals surface area (Å²) in [5.74, 6) is -0.188. The molecule has 4 nitrogen and oxygen atoms in total. The van der Waals surface area contributed by atoms with Crippen LogP contribution < -0.4 is 5.32 Å². The number of hydrogen-bond donors (Lipinski definition) is 1. The number of hydrogen-bond acceptors (Lipinski definition) is 2. The summed E-state index contributed by atoms with van der Waals surface area (Å²) in [7, 11) is 0. The standard InChI is InChI=1S/C19H22N2O2/c1-14(19(23)21-11-5-2-6-12-21)20-18(22)17-10-9-15-7-3-4-8-16(15)13-17/h3-4,7-10,13-14H,2,5-6,11-12H2,1H3,(H,20,22). The van der Waals surface area contributed by atoms with Gasteiger partial charge in [0.25, 0.3) is 5.91 Å². The van der Waals surface area contributed by atoms with Crippen LogP contribution in [-0.4, -0.2) is 35.8 Å². The molecule has 1 saturated heterocycles. The minimum atomic E-state index is -0.493. The Bertz CT molecular complexity index is 720. The normalized spacial score (nSPS) is 16.1. The lowest BCUT2D eigenvalue weighted by atomic mass is 10.1. The van der Waals surface area contributed by atoms with E-state index >= 15 is 0 Å². The summed E-state index contributed by atoms with van der Waals surface area (Å²) in [4.78, 5) is 26.6. The zero-order chi connectivity index (χ0) is 16.2. The Morgan fingerprint density at radius 3 is 2.43 bits per heavy atom. The van der Waals surface area contributed by atoms with Crippen molar-refractivity contribution < 1.29 is 9.59 Å². The summed E-state index contributed by atoms with van der Waals surface area (Å²) in [6.45, 7) is 3.36. The summed E-state index contributed by atoms with van der Waals surface area (Å²) in [5, 5.41) is 4.95. The van der Waals surface area contributed by atoms with Crippen LogP contribution in [0.4, 0.5) is 0 Å². The van der Waals surface area contributed by atoms with E-state index in [0.717, 1.165) is 36.7 Å². The number of benzene rings is 2. The number of amides is 2. The minimum absolute atomic E-state index is 0.0128. The largest absolute Gasteiger partial charge is 0.341 e. The molecule has 1 fully saturated rings. The van der Waals surface area contributed by atoms with Crippen LogP contribution in [0.2, 0.25) is 0 Å². The highest BCUT2D eigenvalue weighted by molar-refractivity contribution is 6.00. The molecule has 1 atom stereocenters. The second kappa shape index (κ2) is 6.82. The predicted octanol–water partition coefficient (Wildman–Crippen LogP) is 2.97. The van der Waals surface area contributed by atoms with Crippen LogP contribution in [0.1, 0.15) is 36.5 Å². The molecular formula is C19H22N2O2. The maximum absolute atomic E-state index is 12.4. The van der Waals surface area contributed by atoms with E-state index in [2.05, 4.69) is 5.32 Å². The molecule has 1 unspecified atom stereocenters. The molecule has 3 rings (SSSR count). The molecule has 2 aromatic rings. The Balaban J connectivity index is 1.68.